The Balaban J connectivity index is 1.87. The number of rotatable bonds is 3. The van der Waals surface area contributed by atoms with E-state index in [9.17, 15) is 4.79 Å². The Morgan fingerprint density at radius 3 is 3.00 bits per heavy atom. The van der Waals surface area contributed by atoms with E-state index in [-0.39, 0.29) is 12.0 Å². The molecule has 16 heavy (non-hydrogen) atoms. The van der Waals surface area contributed by atoms with E-state index in [1.165, 1.54) is 11.3 Å². The van der Waals surface area contributed by atoms with Gasteiger partial charge in [-0.05, 0) is 26.7 Å². The molecule has 1 amide bonds. The number of hydrogen-bond donors (Lipinski definition) is 1. The zero-order chi connectivity index (χ0) is 11.5. The SMILES string of the molecule is Cc1nc(C(=O)NCC2CCCO2)sc1C. The molecule has 0 aromatic carbocycles. The molecule has 1 fully saturated rings. The lowest BCUT2D eigenvalue weighted by molar-refractivity contribution is 0.0857. The predicted molar refractivity (Wildman–Crippen MR) is 62.9 cm³/mol. The number of carbonyl (C=O) groups excluding carboxylic acids is 1. The van der Waals surface area contributed by atoms with Gasteiger partial charge in [-0.15, -0.1) is 11.3 Å². The van der Waals surface area contributed by atoms with Gasteiger partial charge in [0.25, 0.3) is 5.91 Å². The quantitative estimate of drug-likeness (QED) is 0.874. The fraction of sp³-hybridized carbons (Fsp3) is 0.636. The summed E-state index contributed by atoms with van der Waals surface area (Å²) >= 11 is 1.44. The first-order valence-electron chi connectivity index (χ1n) is 5.50. The third kappa shape index (κ3) is 2.59. The third-order valence-electron chi connectivity index (χ3n) is 2.74. The topological polar surface area (TPSA) is 51.2 Å². The van der Waals surface area contributed by atoms with E-state index in [0.29, 0.717) is 11.6 Å². The number of nitrogens with one attached hydrogen (secondary N) is 1. The lowest BCUT2D eigenvalue weighted by atomic mass is 10.2. The van der Waals surface area contributed by atoms with E-state index in [2.05, 4.69) is 10.3 Å². The Morgan fingerprint density at radius 2 is 2.44 bits per heavy atom. The fourth-order valence-corrected chi connectivity index (χ4v) is 2.49. The van der Waals surface area contributed by atoms with Gasteiger partial charge in [0.05, 0.1) is 11.8 Å². The van der Waals surface area contributed by atoms with E-state index >= 15 is 0 Å². The standard InChI is InChI=1S/C11H16N2O2S/c1-7-8(2)16-11(13-7)10(14)12-6-9-4-3-5-15-9/h9H,3-6H2,1-2H3,(H,12,14). The molecule has 1 unspecified atom stereocenters. The summed E-state index contributed by atoms with van der Waals surface area (Å²) in [4.78, 5) is 17.1. The van der Waals surface area contributed by atoms with Gasteiger partial charge >= 0.3 is 0 Å². The van der Waals surface area contributed by atoms with E-state index in [4.69, 9.17) is 4.74 Å². The van der Waals surface area contributed by atoms with Gasteiger partial charge in [0, 0.05) is 18.0 Å². The monoisotopic (exact) mass is 240 g/mol. The second-order valence-electron chi connectivity index (χ2n) is 4.01. The Morgan fingerprint density at radius 1 is 1.62 bits per heavy atom. The third-order valence-corrected chi connectivity index (χ3v) is 3.81. The van der Waals surface area contributed by atoms with Gasteiger partial charge in [0.2, 0.25) is 0 Å². The van der Waals surface area contributed by atoms with Crippen molar-refractivity contribution in [3.05, 3.63) is 15.6 Å². The van der Waals surface area contributed by atoms with Gasteiger partial charge in [0.15, 0.2) is 5.01 Å². The number of carbonyl (C=O) groups is 1. The molecule has 1 N–H and O–H groups in total. The van der Waals surface area contributed by atoms with E-state index in [1.54, 1.807) is 0 Å². The van der Waals surface area contributed by atoms with Gasteiger partial charge in [0.1, 0.15) is 0 Å². The molecule has 88 valence electrons. The molecule has 1 aliphatic heterocycles. The second-order valence-corrected chi connectivity index (χ2v) is 5.21. The van der Waals surface area contributed by atoms with Crippen LogP contribution in [-0.4, -0.2) is 30.1 Å². The molecule has 2 rings (SSSR count). The Labute approximate surface area is 99.0 Å². The summed E-state index contributed by atoms with van der Waals surface area (Å²) in [5, 5.41) is 3.41. The molecule has 2 heterocycles. The molecule has 0 spiro atoms. The maximum absolute atomic E-state index is 11.7. The summed E-state index contributed by atoms with van der Waals surface area (Å²) in [5.41, 5.74) is 0.937. The van der Waals surface area contributed by atoms with Crippen molar-refractivity contribution in [2.24, 2.45) is 0 Å². The number of ether oxygens (including phenoxy) is 1. The minimum absolute atomic E-state index is 0.0864. The number of amides is 1. The van der Waals surface area contributed by atoms with E-state index < -0.39 is 0 Å². The maximum Gasteiger partial charge on any atom is 0.280 e. The van der Waals surface area contributed by atoms with E-state index in [1.807, 2.05) is 13.8 Å². The number of nitrogens with zero attached hydrogens (tertiary/aromatic N) is 1. The Hall–Kier alpha value is -0.940. The van der Waals surface area contributed by atoms with Gasteiger partial charge < -0.3 is 10.1 Å². The molecule has 4 nitrogen and oxygen atoms in total. The summed E-state index contributed by atoms with van der Waals surface area (Å²) in [6, 6.07) is 0. The maximum atomic E-state index is 11.7. The summed E-state index contributed by atoms with van der Waals surface area (Å²) in [6.45, 7) is 5.30. The number of aromatic nitrogens is 1. The van der Waals surface area contributed by atoms with Crippen molar-refractivity contribution in [1.29, 1.82) is 0 Å². The largest absolute Gasteiger partial charge is 0.376 e. The van der Waals surface area contributed by atoms with Crippen molar-refractivity contribution >= 4 is 17.2 Å². The molecule has 0 saturated carbocycles. The van der Waals surface area contributed by atoms with Crippen LogP contribution in [0.1, 0.15) is 33.2 Å². The van der Waals surface area contributed by atoms with Gasteiger partial charge in [-0.1, -0.05) is 0 Å². The number of hydrogen-bond acceptors (Lipinski definition) is 4. The lowest BCUT2D eigenvalue weighted by Crippen LogP contribution is -2.31. The summed E-state index contributed by atoms with van der Waals surface area (Å²) in [7, 11) is 0. The summed E-state index contributed by atoms with van der Waals surface area (Å²) in [5.74, 6) is -0.0864. The van der Waals surface area contributed by atoms with Crippen LogP contribution in [0.5, 0.6) is 0 Å². The van der Waals surface area contributed by atoms with Crippen molar-refractivity contribution < 1.29 is 9.53 Å². The molecule has 0 radical (unpaired) electrons. The van der Waals surface area contributed by atoms with Crippen LogP contribution in [-0.2, 0) is 4.74 Å². The highest BCUT2D eigenvalue weighted by atomic mass is 32.1. The number of thiazole rings is 1. The van der Waals surface area contributed by atoms with Crippen molar-refractivity contribution in [3.63, 3.8) is 0 Å². The first-order chi connectivity index (χ1) is 7.66. The van der Waals surface area contributed by atoms with Crippen molar-refractivity contribution in [1.82, 2.24) is 10.3 Å². The van der Waals surface area contributed by atoms with Gasteiger partial charge in [-0.25, -0.2) is 4.98 Å². The highest BCUT2D eigenvalue weighted by Gasteiger charge is 2.18. The van der Waals surface area contributed by atoms with Gasteiger partial charge in [-0.3, -0.25) is 4.79 Å². The van der Waals surface area contributed by atoms with Crippen molar-refractivity contribution in [2.75, 3.05) is 13.2 Å². The zero-order valence-corrected chi connectivity index (χ0v) is 10.4. The lowest BCUT2D eigenvalue weighted by Gasteiger charge is -2.09. The van der Waals surface area contributed by atoms with E-state index in [0.717, 1.165) is 30.0 Å². The summed E-state index contributed by atoms with van der Waals surface area (Å²) < 4.78 is 5.44. The molecule has 1 aliphatic rings. The van der Waals surface area contributed by atoms with Crippen molar-refractivity contribution in [3.8, 4) is 0 Å². The minimum Gasteiger partial charge on any atom is -0.376 e. The van der Waals surface area contributed by atoms with Crippen LogP contribution in [0.25, 0.3) is 0 Å². The summed E-state index contributed by atoms with van der Waals surface area (Å²) in [6.07, 6.45) is 2.32. The molecule has 0 bridgehead atoms. The molecule has 1 atom stereocenters. The fourth-order valence-electron chi connectivity index (χ4n) is 1.66. The smallest absolute Gasteiger partial charge is 0.280 e. The second kappa shape index (κ2) is 4.93. The molecule has 1 aromatic heterocycles. The van der Waals surface area contributed by atoms with Crippen LogP contribution in [0.3, 0.4) is 0 Å². The normalized spacial score (nSPS) is 20.0. The zero-order valence-electron chi connectivity index (χ0n) is 9.58. The first kappa shape index (κ1) is 11.5. The predicted octanol–water partition coefficient (Wildman–Crippen LogP) is 1.67. The van der Waals surface area contributed by atoms with Crippen LogP contribution in [0.15, 0.2) is 0 Å². The molecular formula is C11H16N2O2S. The van der Waals surface area contributed by atoms with Crippen LogP contribution in [0, 0.1) is 13.8 Å². The highest BCUT2D eigenvalue weighted by molar-refractivity contribution is 7.13. The Kier molecular flexibility index (Phi) is 3.56. The molecule has 0 aliphatic carbocycles. The van der Waals surface area contributed by atoms with Crippen LogP contribution in [0.4, 0.5) is 0 Å². The minimum atomic E-state index is -0.0864. The van der Waals surface area contributed by atoms with Crippen molar-refractivity contribution in [2.45, 2.75) is 32.8 Å². The number of aryl methyl sites for hydroxylation is 2. The molecular weight excluding hydrogens is 224 g/mol. The van der Waals surface area contributed by atoms with Crippen LogP contribution < -0.4 is 5.32 Å². The average molecular weight is 240 g/mol. The first-order valence-corrected chi connectivity index (χ1v) is 6.32. The molecule has 1 saturated heterocycles. The Bertz CT molecular complexity index is 364. The van der Waals surface area contributed by atoms with Crippen LogP contribution >= 0.6 is 11.3 Å². The van der Waals surface area contributed by atoms with Crippen LogP contribution in [0.2, 0.25) is 0 Å². The average Bonchev–Trinajstić information content (AvgIpc) is 2.86. The highest BCUT2D eigenvalue weighted by Crippen LogP contribution is 2.16. The molecule has 1 aromatic rings. The van der Waals surface area contributed by atoms with Gasteiger partial charge in [-0.2, -0.15) is 0 Å². The molecule has 5 heteroatoms.